The Morgan fingerprint density at radius 3 is 2.74 bits per heavy atom. The fourth-order valence-corrected chi connectivity index (χ4v) is 1.73. The highest BCUT2D eigenvalue weighted by Gasteiger charge is 2.05. The topological polar surface area (TPSA) is 43.4 Å². The van der Waals surface area contributed by atoms with Crippen LogP contribution in [0.1, 0.15) is 5.69 Å². The summed E-state index contributed by atoms with van der Waals surface area (Å²) in [6, 6.07) is 11.0. The number of hydrogen-bond donors (Lipinski definition) is 1. The molecule has 4 nitrogen and oxygen atoms in total. The first-order valence-electron chi connectivity index (χ1n) is 5.83. The summed E-state index contributed by atoms with van der Waals surface area (Å²) in [5, 5.41) is 3.55. The van der Waals surface area contributed by atoms with Crippen LogP contribution in [0.15, 0.2) is 36.4 Å². The summed E-state index contributed by atoms with van der Waals surface area (Å²) < 4.78 is 10.8. The van der Waals surface area contributed by atoms with E-state index in [-0.39, 0.29) is 0 Å². The highest BCUT2D eigenvalue weighted by atomic mass is 35.5. The Morgan fingerprint density at radius 1 is 1.21 bits per heavy atom. The van der Waals surface area contributed by atoms with Gasteiger partial charge in [-0.3, -0.25) is 0 Å². The van der Waals surface area contributed by atoms with Gasteiger partial charge in [0, 0.05) is 13.1 Å². The minimum absolute atomic E-state index is 0.307. The van der Waals surface area contributed by atoms with Crippen LogP contribution < -0.4 is 14.8 Å². The predicted octanol–water partition coefficient (Wildman–Crippen LogP) is 3.36. The number of nitrogens with one attached hydrogen (secondary N) is 1. The number of rotatable bonds is 5. The molecule has 19 heavy (non-hydrogen) atoms. The van der Waals surface area contributed by atoms with E-state index in [9.17, 15) is 0 Å². The van der Waals surface area contributed by atoms with E-state index in [0.717, 1.165) is 11.6 Å². The van der Waals surface area contributed by atoms with Crippen molar-refractivity contribution < 1.29 is 9.47 Å². The maximum absolute atomic E-state index is 6.08. The molecule has 1 aromatic carbocycles. The molecule has 0 amide bonds. The van der Waals surface area contributed by atoms with Gasteiger partial charge in [0.25, 0.3) is 0 Å². The molecule has 0 aliphatic rings. The fraction of sp³-hybridized carbons (Fsp3) is 0.214. The maximum atomic E-state index is 6.08. The van der Waals surface area contributed by atoms with Gasteiger partial charge in [-0.05, 0) is 24.3 Å². The Hall–Kier alpha value is -1.94. The number of hydrogen-bond acceptors (Lipinski definition) is 4. The molecule has 2 rings (SSSR count). The summed E-state index contributed by atoms with van der Waals surface area (Å²) in [4.78, 5) is 4.35. The monoisotopic (exact) mass is 278 g/mol. The molecule has 0 bridgehead atoms. The summed E-state index contributed by atoms with van der Waals surface area (Å²) in [7, 11) is 3.43. The van der Waals surface area contributed by atoms with Crippen LogP contribution in [-0.4, -0.2) is 19.1 Å². The molecule has 0 saturated heterocycles. The molecule has 100 valence electrons. The second kappa shape index (κ2) is 6.29. The van der Waals surface area contributed by atoms with Crippen LogP contribution in [0.3, 0.4) is 0 Å². The molecule has 0 spiro atoms. The number of methoxy groups -OCH3 is 1. The Kier molecular flexibility index (Phi) is 4.47. The van der Waals surface area contributed by atoms with Gasteiger partial charge in [-0.15, -0.1) is 0 Å². The van der Waals surface area contributed by atoms with Gasteiger partial charge in [0.1, 0.15) is 23.9 Å². The standard InChI is InChI=1S/C14H15ClN2O2/c1-16-14-7-6-12(15)13(17-14)9-19-11-5-3-4-10(8-11)18-2/h3-8H,9H2,1-2H3,(H,16,17). The van der Waals surface area contributed by atoms with Gasteiger partial charge >= 0.3 is 0 Å². The molecule has 2 aromatic rings. The van der Waals surface area contributed by atoms with Gasteiger partial charge in [-0.25, -0.2) is 4.98 Å². The largest absolute Gasteiger partial charge is 0.497 e. The van der Waals surface area contributed by atoms with Crippen LogP contribution in [-0.2, 0) is 6.61 Å². The average molecular weight is 279 g/mol. The first-order valence-corrected chi connectivity index (χ1v) is 6.20. The van der Waals surface area contributed by atoms with Gasteiger partial charge in [-0.1, -0.05) is 17.7 Å². The molecule has 1 N–H and O–H groups in total. The second-order valence-corrected chi connectivity index (χ2v) is 4.25. The van der Waals surface area contributed by atoms with Crippen LogP contribution in [0.5, 0.6) is 11.5 Å². The van der Waals surface area contributed by atoms with E-state index < -0.39 is 0 Å². The first-order chi connectivity index (χ1) is 9.22. The van der Waals surface area contributed by atoms with Gasteiger partial charge < -0.3 is 14.8 Å². The number of halogens is 1. The molecule has 0 aliphatic carbocycles. The zero-order valence-electron chi connectivity index (χ0n) is 10.8. The smallest absolute Gasteiger partial charge is 0.132 e. The van der Waals surface area contributed by atoms with Crippen molar-refractivity contribution in [3.05, 3.63) is 47.1 Å². The lowest BCUT2D eigenvalue weighted by atomic mass is 10.3. The second-order valence-electron chi connectivity index (χ2n) is 3.84. The number of aromatic nitrogens is 1. The molecule has 0 aliphatic heterocycles. The van der Waals surface area contributed by atoms with E-state index in [0.29, 0.717) is 23.1 Å². The Morgan fingerprint density at radius 2 is 2.00 bits per heavy atom. The zero-order chi connectivity index (χ0) is 13.7. The summed E-state index contributed by atoms with van der Waals surface area (Å²) in [5.74, 6) is 2.22. The van der Waals surface area contributed by atoms with Gasteiger partial charge in [0.05, 0.1) is 17.8 Å². The molecular weight excluding hydrogens is 264 g/mol. The summed E-state index contributed by atoms with van der Waals surface area (Å²) in [5.41, 5.74) is 0.691. The minimum Gasteiger partial charge on any atom is -0.497 e. The molecule has 0 fully saturated rings. The first kappa shape index (κ1) is 13.5. The number of pyridine rings is 1. The van der Waals surface area contributed by atoms with E-state index >= 15 is 0 Å². The third kappa shape index (κ3) is 3.51. The molecule has 1 aromatic heterocycles. The fourth-order valence-electron chi connectivity index (χ4n) is 1.57. The van der Waals surface area contributed by atoms with Gasteiger partial charge in [0.2, 0.25) is 0 Å². The molecular formula is C14H15ClN2O2. The molecule has 0 radical (unpaired) electrons. The lowest BCUT2D eigenvalue weighted by Gasteiger charge is -2.09. The number of anilines is 1. The molecule has 0 atom stereocenters. The van der Waals surface area contributed by atoms with Gasteiger partial charge in [0.15, 0.2) is 0 Å². The van der Waals surface area contributed by atoms with Crippen molar-refractivity contribution in [3.63, 3.8) is 0 Å². The highest BCUT2D eigenvalue weighted by molar-refractivity contribution is 6.31. The van der Waals surface area contributed by atoms with Gasteiger partial charge in [-0.2, -0.15) is 0 Å². The molecule has 1 heterocycles. The van der Waals surface area contributed by atoms with Crippen LogP contribution in [0.25, 0.3) is 0 Å². The van der Waals surface area contributed by atoms with E-state index in [4.69, 9.17) is 21.1 Å². The average Bonchev–Trinajstić information content (AvgIpc) is 2.46. The quantitative estimate of drug-likeness (QED) is 0.911. The van der Waals surface area contributed by atoms with Crippen molar-refractivity contribution >= 4 is 17.4 Å². The number of nitrogens with zero attached hydrogens (tertiary/aromatic N) is 1. The zero-order valence-corrected chi connectivity index (χ0v) is 11.6. The third-order valence-electron chi connectivity index (χ3n) is 2.59. The van der Waals surface area contributed by atoms with Crippen molar-refractivity contribution in [3.8, 4) is 11.5 Å². The lowest BCUT2D eigenvalue weighted by Crippen LogP contribution is -2.02. The van der Waals surface area contributed by atoms with Crippen LogP contribution in [0.2, 0.25) is 5.02 Å². The molecule has 0 saturated carbocycles. The van der Waals surface area contributed by atoms with Crippen molar-refractivity contribution in [2.45, 2.75) is 6.61 Å². The maximum Gasteiger partial charge on any atom is 0.132 e. The van der Waals surface area contributed by atoms with Crippen LogP contribution in [0.4, 0.5) is 5.82 Å². The Balaban J connectivity index is 2.09. The van der Waals surface area contributed by atoms with Crippen molar-refractivity contribution in [2.24, 2.45) is 0 Å². The van der Waals surface area contributed by atoms with E-state index in [1.807, 2.05) is 37.4 Å². The van der Waals surface area contributed by atoms with Crippen LogP contribution >= 0.6 is 11.6 Å². The molecule has 5 heteroatoms. The molecule has 0 unspecified atom stereocenters. The number of benzene rings is 1. The lowest BCUT2D eigenvalue weighted by molar-refractivity contribution is 0.299. The minimum atomic E-state index is 0.307. The Labute approximate surface area is 117 Å². The van der Waals surface area contributed by atoms with E-state index in [1.54, 1.807) is 13.2 Å². The number of ether oxygens (including phenoxy) is 2. The predicted molar refractivity (Wildman–Crippen MR) is 76.1 cm³/mol. The van der Waals surface area contributed by atoms with Crippen molar-refractivity contribution in [1.29, 1.82) is 0 Å². The normalized spacial score (nSPS) is 10.1. The van der Waals surface area contributed by atoms with E-state index in [2.05, 4.69) is 10.3 Å². The summed E-state index contributed by atoms with van der Waals surface area (Å²) >= 11 is 6.08. The summed E-state index contributed by atoms with van der Waals surface area (Å²) in [6.07, 6.45) is 0. The van der Waals surface area contributed by atoms with E-state index in [1.165, 1.54) is 0 Å². The van der Waals surface area contributed by atoms with Crippen molar-refractivity contribution in [2.75, 3.05) is 19.5 Å². The third-order valence-corrected chi connectivity index (χ3v) is 2.94. The van der Waals surface area contributed by atoms with Crippen molar-refractivity contribution in [1.82, 2.24) is 4.98 Å². The SMILES string of the molecule is CNc1ccc(Cl)c(COc2cccc(OC)c2)n1. The van der Waals surface area contributed by atoms with Crippen LogP contribution in [0, 0.1) is 0 Å². The highest BCUT2D eigenvalue weighted by Crippen LogP contribution is 2.22. The Bertz CT molecular complexity index is 561. The summed E-state index contributed by atoms with van der Waals surface area (Å²) in [6.45, 7) is 0.307.